The largest absolute Gasteiger partial charge is 0.348 e. The Morgan fingerprint density at radius 1 is 0.871 bits per heavy atom. The van der Waals surface area contributed by atoms with Crippen LogP contribution in [-0.2, 0) is 11.3 Å². The third-order valence-corrected chi connectivity index (χ3v) is 4.76. The summed E-state index contributed by atoms with van der Waals surface area (Å²) >= 11 is 0. The zero-order valence-corrected chi connectivity index (χ0v) is 17.1. The number of benzene rings is 3. The maximum atomic E-state index is 12.7. The second-order valence-electron chi connectivity index (χ2n) is 7.09. The molecule has 0 bridgehead atoms. The van der Waals surface area contributed by atoms with Crippen molar-refractivity contribution >= 4 is 17.5 Å². The molecule has 0 aliphatic carbocycles. The summed E-state index contributed by atoms with van der Waals surface area (Å²) in [4.78, 5) is 23.8. The lowest BCUT2D eigenvalue weighted by Crippen LogP contribution is -2.22. The minimum atomic E-state index is -0.194. The van der Waals surface area contributed by atoms with E-state index >= 15 is 0 Å². The van der Waals surface area contributed by atoms with E-state index in [0.29, 0.717) is 17.8 Å². The van der Waals surface area contributed by atoms with Crippen LogP contribution in [-0.4, -0.2) is 21.6 Å². The van der Waals surface area contributed by atoms with Crippen LogP contribution in [0.15, 0.2) is 91.1 Å². The lowest BCUT2D eigenvalue weighted by Gasteiger charge is -2.07. The molecule has 0 aliphatic heterocycles. The van der Waals surface area contributed by atoms with Gasteiger partial charge in [-0.2, -0.15) is 5.10 Å². The Morgan fingerprint density at radius 2 is 1.52 bits per heavy atom. The number of hydrogen-bond donors (Lipinski definition) is 2. The van der Waals surface area contributed by atoms with E-state index in [0.717, 1.165) is 22.5 Å². The van der Waals surface area contributed by atoms with Gasteiger partial charge in [0.05, 0.1) is 11.4 Å². The highest BCUT2D eigenvalue weighted by Crippen LogP contribution is 2.23. The summed E-state index contributed by atoms with van der Waals surface area (Å²) in [5.74, 6) is -0.345. The number of aromatic nitrogens is 2. The highest BCUT2D eigenvalue weighted by atomic mass is 16.2. The van der Waals surface area contributed by atoms with E-state index in [1.807, 2.05) is 71.5 Å². The molecule has 1 aromatic heterocycles. The summed E-state index contributed by atoms with van der Waals surface area (Å²) < 4.78 is 1.83. The number of rotatable bonds is 6. The molecular weight excluding hydrogens is 388 g/mol. The van der Waals surface area contributed by atoms with Crippen molar-refractivity contribution in [3.8, 4) is 16.9 Å². The van der Waals surface area contributed by atoms with Crippen molar-refractivity contribution in [1.82, 2.24) is 15.1 Å². The summed E-state index contributed by atoms with van der Waals surface area (Å²) in [5.41, 5.74) is 4.85. The number of hydrogen-bond acceptors (Lipinski definition) is 3. The average molecular weight is 410 g/mol. The Morgan fingerprint density at radius 3 is 2.16 bits per heavy atom. The third-order valence-electron chi connectivity index (χ3n) is 4.76. The first-order valence-electron chi connectivity index (χ1n) is 9.95. The second kappa shape index (κ2) is 9.09. The van der Waals surface area contributed by atoms with Gasteiger partial charge in [0, 0.05) is 42.0 Å². The number of carbonyl (C=O) groups excluding carboxylic acids is 2. The van der Waals surface area contributed by atoms with Crippen LogP contribution in [0.3, 0.4) is 0 Å². The zero-order valence-electron chi connectivity index (χ0n) is 17.1. The molecule has 2 amide bonds. The first kappa shape index (κ1) is 20.1. The number of anilines is 1. The number of carbonyl (C=O) groups is 2. The fraction of sp³-hybridized carbons (Fsp3) is 0.0800. The van der Waals surface area contributed by atoms with Crippen molar-refractivity contribution in [2.45, 2.75) is 13.5 Å². The van der Waals surface area contributed by atoms with Crippen LogP contribution in [0, 0.1) is 0 Å². The topological polar surface area (TPSA) is 76.0 Å². The van der Waals surface area contributed by atoms with Crippen molar-refractivity contribution in [2.24, 2.45) is 0 Å². The molecule has 0 unspecified atom stereocenters. The minimum Gasteiger partial charge on any atom is -0.348 e. The van der Waals surface area contributed by atoms with Gasteiger partial charge < -0.3 is 10.6 Å². The van der Waals surface area contributed by atoms with Crippen molar-refractivity contribution in [3.05, 3.63) is 102 Å². The maximum Gasteiger partial charge on any atom is 0.251 e. The standard InChI is InChI=1S/C25H22N4O2/c1-18(30)27-22-14-12-20(13-15-22)25(31)26-16-21-17-29(23-10-6-3-7-11-23)28-24(21)19-8-4-2-5-9-19/h2-15,17H,16H2,1H3,(H,26,31)(H,27,30). The molecule has 0 saturated carbocycles. The Kier molecular flexibility index (Phi) is 5.89. The van der Waals surface area contributed by atoms with Crippen molar-refractivity contribution < 1.29 is 9.59 Å². The number of para-hydroxylation sites is 1. The van der Waals surface area contributed by atoms with E-state index in [9.17, 15) is 9.59 Å². The summed E-state index contributed by atoms with van der Waals surface area (Å²) in [7, 11) is 0. The normalized spacial score (nSPS) is 10.5. The van der Waals surface area contributed by atoms with Gasteiger partial charge in [0.25, 0.3) is 5.91 Å². The number of amides is 2. The first-order chi connectivity index (χ1) is 15.1. The molecule has 6 nitrogen and oxygen atoms in total. The van der Waals surface area contributed by atoms with Crippen LogP contribution in [0.25, 0.3) is 16.9 Å². The predicted molar refractivity (Wildman–Crippen MR) is 121 cm³/mol. The van der Waals surface area contributed by atoms with E-state index < -0.39 is 0 Å². The molecule has 3 aromatic carbocycles. The molecule has 31 heavy (non-hydrogen) atoms. The lowest BCUT2D eigenvalue weighted by atomic mass is 10.1. The summed E-state index contributed by atoms with van der Waals surface area (Å²) in [6.45, 7) is 1.78. The molecule has 4 aromatic rings. The molecule has 0 aliphatic rings. The Balaban J connectivity index is 1.55. The Hall–Kier alpha value is -4.19. The monoisotopic (exact) mass is 410 g/mol. The number of nitrogens with one attached hydrogen (secondary N) is 2. The molecule has 0 saturated heterocycles. The Labute approximate surface area is 180 Å². The summed E-state index contributed by atoms with van der Waals surface area (Å²) in [6.07, 6.45) is 1.94. The summed E-state index contributed by atoms with van der Waals surface area (Å²) in [5, 5.41) is 10.4. The SMILES string of the molecule is CC(=O)Nc1ccc(C(=O)NCc2cn(-c3ccccc3)nc2-c2ccccc2)cc1. The second-order valence-corrected chi connectivity index (χ2v) is 7.09. The third kappa shape index (κ3) is 4.87. The van der Waals surface area contributed by atoms with E-state index in [1.54, 1.807) is 24.3 Å². The highest BCUT2D eigenvalue weighted by Gasteiger charge is 2.14. The predicted octanol–water partition coefficient (Wildman–Crippen LogP) is 4.43. The minimum absolute atomic E-state index is 0.152. The fourth-order valence-corrected chi connectivity index (χ4v) is 3.28. The first-order valence-corrected chi connectivity index (χ1v) is 9.95. The van der Waals surface area contributed by atoms with E-state index in [1.165, 1.54) is 6.92 Å². The van der Waals surface area contributed by atoms with Gasteiger partial charge in [-0.3, -0.25) is 9.59 Å². The molecule has 6 heteroatoms. The van der Waals surface area contributed by atoms with E-state index in [2.05, 4.69) is 10.6 Å². The molecule has 0 radical (unpaired) electrons. The van der Waals surface area contributed by atoms with Crippen molar-refractivity contribution in [2.75, 3.05) is 5.32 Å². The van der Waals surface area contributed by atoms with Gasteiger partial charge in [-0.05, 0) is 36.4 Å². The molecule has 4 rings (SSSR count). The molecule has 154 valence electrons. The highest BCUT2D eigenvalue weighted by molar-refractivity contribution is 5.95. The Bertz CT molecular complexity index is 1180. The molecular formula is C25H22N4O2. The van der Waals surface area contributed by atoms with Crippen LogP contribution in [0.2, 0.25) is 0 Å². The lowest BCUT2D eigenvalue weighted by molar-refractivity contribution is -0.114. The van der Waals surface area contributed by atoms with Crippen LogP contribution in [0.5, 0.6) is 0 Å². The van der Waals surface area contributed by atoms with Crippen LogP contribution in [0.4, 0.5) is 5.69 Å². The quantitative estimate of drug-likeness (QED) is 0.494. The van der Waals surface area contributed by atoms with Gasteiger partial charge >= 0.3 is 0 Å². The van der Waals surface area contributed by atoms with Crippen LogP contribution >= 0.6 is 0 Å². The molecule has 0 fully saturated rings. The van der Waals surface area contributed by atoms with Crippen LogP contribution in [0.1, 0.15) is 22.8 Å². The molecule has 0 atom stereocenters. The smallest absolute Gasteiger partial charge is 0.251 e. The molecule has 2 N–H and O–H groups in total. The van der Waals surface area contributed by atoms with Crippen molar-refractivity contribution in [3.63, 3.8) is 0 Å². The van der Waals surface area contributed by atoms with Gasteiger partial charge in [-0.25, -0.2) is 4.68 Å². The van der Waals surface area contributed by atoms with Gasteiger partial charge in [0.2, 0.25) is 5.91 Å². The summed E-state index contributed by atoms with van der Waals surface area (Å²) in [6, 6.07) is 26.6. The molecule has 1 heterocycles. The van der Waals surface area contributed by atoms with E-state index in [4.69, 9.17) is 5.10 Å². The van der Waals surface area contributed by atoms with Gasteiger partial charge in [-0.1, -0.05) is 48.5 Å². The van der Waals surface area contributed by atoms with Gasteiger partial charge in [0.1, 0.15) is 0 Å². The fourth-order valence-electron chi connectivity index (χ4n) is 3.28. The zero-order chi connectivity index (χ0) is 21.6. The molecule has 0 spiro atoms. The van der Waals surface area contributed by atoms with Crippen molar-refractivity contribution in [1.29, 1.82) is 0 Å². The van der Waals surface area contributed by atoms with E-state index in [-0.39, 0.29) is 11.8 Å². The van der Waals surface area contributed by atoms with Crippen LogP contribution < -0.4 is 10.6 Å². The van der Waals surface area contributed by atoms with Gasteiger partial charge in [0.15, 0.2) is 0 Å². The average Bonchev–Trinajstić information content (AvgIpc) is 3.23. The van der Waals surface area contributed by atoms with Gasteiger partial charge in [-0.15, -0.1) is 0 Å². The maximum absolute atomic E-state index is 12.7. The number of nitrogens with zero attached hydrogens (tertiary/aromatic N) is 2.